The lowest BCUT2D eigenvalue weighted by Crippen LogP contribution is -2.20. The van der Waals surface area contributed by atoms with E-state index in [1.807, 2.05) is 0 Å². The minimum atomic E-state index is 1.02. The van der Waals surface area contributed by atoms with Crippen molar-refractivity contribution in [2.75, 3.05) is 13.1 Å². The van der Waals surface area contributed by atoms with Gasteiger partial charge >= 0.3 is 0 Å². The van der Waals surface area contributed by atoms with Gasteiger partial charge in [0, 0.05) is 6.54 Å². The molecule has 0 atom stereocenters. The second-order valence-corrected chi connectivity index (χ2v) is 3.37. The van der Waals surface area contributed by atoms with Crippen LogP contribution in [0.25, 0.3) is 0 Å². The first-order valence-corrected chi connectivity index (χ1v) is 4.90. The first-order valence-electron chi connectivity index (χ1n) is 4.90. The first kappa shape index (κ1) is 8.52. The fourth-order valence-corrected chi connectivity index (χ4v) is 1.68. The molecule has 68 valence electrons. The topological polar surface area (TPSA) is 12.0 Å². The maximum absolute atomic E-state index is 3.32. The Balaban J connectivity index is 2.18. The monoisotopic (exact) mass is 173 g/mol. The summed E-state index contributed by atoms with van der Waals surface area (Å²) in [5, 5.41) is 3.32. The Morgan fingerprint density at radius 1 is 1.23 bits per heavy atom. The van der Waals surface area contributed by atoms with Gasteiger partial charge in [-0.2, -0.15) is 0 Å². The van der Waals surface area contributed by atoms with Crippen LogP contribution < -0.4 is 5.32 Å². The van der Waals surface area contributed by atoms with Crippen molar-refractivity contribution in [2.24, 2.45) is 0 Å². The lowest BCUT2D eigenvalue weighted by atomic mass is 10.00. The quantitative estimate of drug-likeness (QED) is 0.642. The van der Waals surface area contributed by atoms with E-state index in [0.29, 0.717) is 0 Å². The summed E-state index contributed by atoms with van der Waals surface area (Å²) in [7, 11) is 0. The van der Waals surface area contributed by atoms with E-state index in [1.165, 1.54) is 11.1 Å². The van der Waals surface area contributed by atoms with Gasteiger partial charge in [0.25, 0.3) is 0 Å². The van der Waals surface area contributed by atoms with Gasteiger partial charge in [-0.15, -0.1) is 0 Å². The van der Waals surface area contributed by atoms with E-state index in [9.17, 15) is 0 Å². The molecule has 2 rings (SSSR count). The molecule has 0 bridgehead atoms. The van der Waals surface area contributed by atoms with Crippen LogP contribution in [0.2, 0.25) is 0 Å². The molecular formula is C12H15N. The van der Waals surface area contributed by atoms with Crippen molar-refractivity contribution < 1.29 is 0 Å². The zero-order valence-electron chi connectivity index (χ0n) is 7.79. The van der Waals surface area contributed by atoms with Gasteiger partial charge in [-0.1, -0.05) is 36.5 Å². The normalized spacial score (nSPS) is 22.2. The van der Waals surface area contributed by atoms with E-state index in [-0.39, 0.29) is 0 Å². The van der Waals surface area contributed by atoms with Crippen LogP contribution in [0.5, 0.6) is 0 Å². The van der Waals surface area contributed by atoms with Crippen molar-refractivity contribution in [3.63, 3.8) is 0 Å². The van der Waals surface area contributed by atoms with Crippen LogP contribution in [0.15, 0.2) is 47.6 Å². The van der Waals surface area contributed by atoms with Gasteiger partial charge in [-0.05, 0) is 30.5 Å². The highest BCUT2D eigenvalue weighted by Crippen LogP contribution is 2.18. The van der Waals surface area contributed by atoms with Crippen molar-refractivity contribution in [2.45, 2.75) is 12.8 Å². The molecule has 0 radical (unpaired) electrons. The summed E-state index contributed by atoms with van der Waals surface area (Å²) >= 11 is 0. The van der Waals surface area contributed by atoms with Crippen LogP contribution in [-0.4, -0.2) is 13.1 Å². The second-order valence-electron chi connectivity index (χ2n) is 3.37. The highest BCUT2D eigenvalue weighted by Gasteiger charge is 2.05. The third-order valence-corrected chi connectivity index (χ3v) is 2.42. The minimum absolute atomic E-state index is 1.02. The van der Waals surface area contributed by atoms with Gasteiger partial charge in [0.15, 0.2) is 0 Å². The van der Waals surface area contributed by atoms with Crippen LogP contribution in [0.3, 0.4) is 0 Å². The molecule has 1 heteroatoms. The Kier molecular flexibility index (Phi) is 2.78. The third kappa shape index (κ3) is 2.19. The van der Waals surface area contributed by atoms with Gasteiger partial charge in [0.05, 0.1) is 0 Å². The van der Waals surface area contributed by atoms with Crippen molar-refractivity contribution in [3.05, 3.63) is 47.6 Å². The van der Waals surface area contributed by atoms with Crippen molar-refractivity contribution in [3.8, 4) is 0 Å². The van der Waals surface area contributed by atoms with Crippen molar-refractivity contribution in [1.82, 2.24) is 5.32 Å². The average molecular weight is 173 g/mol. The van der Waals surface area contributed by atoms with Gasteiger partial charge in [0.2, 0.25) is 0 Å². The third-order valence-electron chi connectivity index (χ3n) is 2.42. The Morgan fingerprint density at radius 3 is 3.08 bits per heavy atom. The molecule has 1 aliphatic carbocycles. The van der Waals surface area contributed by atoms with Crippen LogP contribution in [-0.2, 0) is 0 Å². The fraction of sp³-hybridized carbons (Fsp3) is 0.333. The molecular weight excluding hydrogens is 158 g/mol. The molecule has 0 unspecified atom stereocenters. The summed E-state index contributed by atoms with van der Waals surface area (Å²) in [4.78, 5) is 0. The van der Waals surface area contributed by atoms with Crippen molar-refractivity contribution in [1.29, 1.82) is 0 Å². The molecule has 0 saturated heterocycles. The second kappa shape index (κ2) is 4.24. The summed E-state index contributed by atoms with van der Waals surface area (Å²) in [5.74, 6) is 0. The highest BCUT2D eigenvalue weighted by atomic mass is 14.8. The van der Waals surface area contributed by atoms with Gasteiger partial charge in [-0.3, -0.25) is 0 Å². The Bertz CT molecular complexity index is 292. The zero-order valence-corrected chi connectivity index (χ0v) is 7.79. The van der Waals surface area contributed by atoms with Crippen LogP contribution >= 0.6 is 0 Å². The summed E-state index contributed by atoms with van der Waals surface area (Å²) < 4.78 is 0. The van der Waals surface area contributed by atoms with Crippen molar-refractivity contribution >= 4 is 0 Å². The maximum Gasteiger partial charge on any atom is 0.0140 e. The Morgan fingerprint density at radius 2 is 2.23 bits per heavy atom. The molecule has 0 aromatic carbocycles. The molecule has 0 aromatic rings. The average Bonchev–Trinajstić information content (AvgIpc) is 2.47. The molecule has 0 spiro atoms. The molecule has 0 amide bonds. The standard InChI is InChI=1S/C12H15N/c1-2-4-6-11(5-3-1)12-7-9-13-10-8-12/h1,3-7,13H,2,8-10H2. The van der Waals surface area contributed by atoms with Gasteiger partial charge in [-0.25, -0.2) is 0 Å². The predicted octanol–water partition coefficient (Wildman–Crippen LogP) is 2.35. The molecule has 1 aliphatic heterocycles. The van der Waals surface area contributed by atoms with E-state index >= 15 is 0 Å². The maximum atomic E-state index is 3.32. The predicted molar refractivity (Wildman–Crippen MR) is 56.5 cm³/mol. The number of allylic oxidation sites excluding steroid dienone is 6. The summed E-state index contributed by atoms with van der Waals surface area (Å²) in [6.07, 6.45) is 15.5. The molecule has 2 aliphatic rings. The Hall–Kier alpha value is -1.08. The molecule has 0 fully saturated rings. The molecule has 0 aromatic heterocycles. The summed E-state index contributed by atoms with van der Waals surface area (Å²) in [5.41, 5.74) is 2.87. The van der Waals surface area contributed by atoms with E-state index in [1.54, 1.807) is 0 Å². The smallest absolute Gasteiger partial charge is 0.0140 e. The Labute approximate surface area is 79.5 Å². The number of hydrogen-bond acceptors (Lipinski definition) is 1. The van der Waals surface area contributed by atoms with E-state index in [2.05, 4.69) is 41.8 Å². The highest BCUT2D eigenvalue weighted by molar-refractivity contribution is 5.44. The number of hydrogen-bond donors (Lipinski definition) is 1. The number of rotatable bonds is 1. The molecule has 13 heavy (non-hydrogen) atoms. The molecule has 1 nitrogen and oxygen atoms in total. The summed E-state index contributed by atoms with van der Waals surface area (Å²) in [6, 6.07) is 0. The van der Waals surface area contributed by atoms with Gasteiger partial charge in [0.1, 0.15) is 0 Å². The van der Waals surface area contributed by atoms with E-state index in [4.69, 9.17) is 0 Å². The van der Waals surface area contributed by atoms with Crippen LogP contribution in [0.1, 0.15) is 12.8 Å². The fourth-order valence-electron chi connectivity index (χ4n) is 1.68. The van der Waals surface area contributed by atoms with Crippen LogP contribution in [0.4, 0.5) is 0 Å². The van der Waals surface area contributed by atoms with E-state index < -0.39 is 0 Å². The minimum Gasteiger partial charge on any atom is -0.313 e. The lowest BCUT2D eigenvalue weighted by molar-refractivity contribution is 0.709. The zero-order chi connectivity index (χ0) is 8.93. The van der Waals surface area contributed by atoms with Crippen LogP contribution in [0, 0.1) is 0 Å². The van der Waals surface area contributed by atoms with E-state index in [0.717, 1.165) is 25.9 Å². The number of nitrogens with one attached hydrogen (secondary N) is 1. The SMILES string of the molecule is C1=CCC=CC(C2=CCNCC2)=C1. The first-order chi connectivity index (χ1) is 6.47. The summed E-state index contributed by atoms with van der Waals surface area (Å²) in [6.45, 7) is 2.13. The molecule has 0 saturated carbocycles. The lowest BCUT2D eigenvalue weighted by Gasteiger charge is -2.14. The molecule has 1 N–H and O–H groups in total. The molecule has 1 heterocycles. The largest absolute Gasteiger partial charge is 0.313 e. The van der Waals surface area contributed by atoms with Gasteiger partial charge < -0.3 is 5.32 Å².